The van der Waals surface area contributed by atoms with Gasteiger partial charge in [0, 0.05) is 18.0 Å². The Morgan fingerprint density at radius 2 is 1.96 bits per heavy atom. The van der Waals surface area contributed by atoms with E-state index in [2.05, 4.69) is 20.6 Å². The first-order chi connectivity index (χ1) is 11.5. The Bertz CT molecular complexity index is 752. The minimum Gasteiger partial charge on any atom is -0.394 e. The Labute approximate surface area is 137 Å². The van der Waals surface area contributed by atoms with Gasteiger partial charge in [0.25, 0.3) is 0 Å². The standard InChI is InChI=1S/C16H17F3N4O/c1-8(7-24)20-16-22-12(9-2-3-9)6-13(23-16)21-11-5-4-10(17)14(18)15(11)19/h4-6,8-9,24H,2-3,7H2,1H3,(H2,20,21,22,23)/t8-/m0/s1. The summed E-state index contributed by atoms with van der Waals surface area (Å²) in [6.07, 6.45) is 2.01. The van der Waals surface area contributed by atoms with Gasteiger partial charge < -0.3 is 15.7 Å². The molecule has 1 aliphatic rings. The predicted molar refractivity (Wildman–Crippen MR) is 83.8 cm³/mol. The van der Waals surface area contributed by atoms with Crippen molar-refractivity contribution in [1.82, 2.24) is 9.97 Å². The van der Waals surface area contributed by atoms with Gasteiger partial charge in [0.05, 0.1) is 18.0 Å². The van der Waals surface area contributed by atoms with Gasteiger partial charge in [-0.2, -0.15) is 4.98 Å². The molecule has 3 N–H and O–H groups in total. The van der Waals surface area contributed by atoms with Gasteiger partial charge in [-0.15, -0.1) is 0 Å². The lowest BCUT2D eigenvalue weighted by Gasteiger charge is -2.14. The molecule has 3 rings (SSSR count). The molecule has 1 aromatic carbocycles. The third-order valence-electron chi connectivity index (χ3n) is 3.69. The second-order valence-electron chi connectivity index (χ2n) is 5.85. The van der Waals surface area contributed by atoms with Crippen molar-refractivity contribution in [2.75, 3.05) is 17.2 Å². The van der Waals surface area contributed by atoms with Crippen LogP contribution in [0, 0.1) is 17.5 Å². The molecule has 1 fully saturated rings. The normalized spacial score (nSPS) is 15.2. The van der Waals surface area contributed by atoms with E-state index in [0.29, 0.717) is 5.92 Å². The molecule has 0 radical (unpaired) electrons. The summed E-state index contributed by atoms with van der Waals surface area (Å²) in [5.74, 6) is -3.23. The summed E-state index contributed by atoms with van der Waals surface area (Å²) in [6.45, 7) is 1.66. The molecular weight excluding hydrogens is 321 g/mol. The number of aliphatic hydroxyl groups is 1. The van der Waals surface area contributed by atoms with Gasteiger partial charge in [0.15, 0.2) is 17.5 Å². The van der Waals surface area contributed by atoms with E-state index in [1.54, 1.807) is 13.0 Å². The molecule has 24 heavy (non-hydrogen) atoms. The van der Waals surface area contributed by atoms with Gasteiger partial charge in [-0.3, -0.25) is 0 Å². The molecule has 0 aliphatic heterocycles. The summed E-state index contributed by atoms with van der Waals surface area (Å²) in [7, 11) is 0. The fourth-order valence-electron chi connectivity index (χ4n) is 2.21. The van der Waals surface area contributed by atoms with Crippen LogP contribution in [-0.4, -0.2) is 27.7 Å². The van der Waals surface area contributed by atoms with Crippen LogP contribution < -0.4 is 10.6 Å². The molecular formula is C16H17F3N4O. The van der Waals surface area contributed by atoms with E-state index in [4.69, 9.17) is 5.11 Å². The van der Waals surface area contributed by atoms with Crippen LogP contribution in [0.1, 0.15) is 31.4 Å². The van der Waals surface area contributed by atoms with E-state index >= 15 is 0 Å². The molecule has 0 bridgehead atoms. The average molecular weight is 338 g/mol. The smallest absolute Gasteiger partial charge is 0.225 e. The Morgan fingerprint density at radius 3 is 2.62 bits per heavy atom. The summed E-state index contributed by atoms with van der Waals surface area (Å²) in [5.41, 5.74) is 0.568. The predicted octanol–water partition coefficient (Wildman–Crippen LogP) is 3.31. The third kappa shape index (κ3) is 3.59. The van der Waals surface area contributed by atoms with Crippen molar-refractivity contribution in [1.29, 1.82) is 0 Å². The summed E-state index contributed by atoms with van der Waals surface area (Å²) < 4.78 is 40.2. The lowest BCUT2D eigenvalue weighted by molar-refractivity contribution is 0.281. The van der Waals surface area contributed by atoms with E-state index < -0.39 is 17.5 Å². The Hall–Kier alpha value is -2.35. The minimum atomic E-state index is -1.54. The molecule has 0 unspecified atom stereocenters. The van der Waals surface area contributed by atoms with E-state index in [1.807, 2.05) is 0 Å². The number of rotatable bonds is 6. The van der Waals surface area contributed by atoms with Gasteiger partial charge >= 0.3 is 0 Å². The molecule has 0 amide bonds. The number of hydrogen-bond donors (Lipinski definition) is 3. The van der Waals surface area contributed by atoms with E-state index in [0.717, 1.165) is 30.7 Å². The zero-order chi connectivity index (χ0) is 17.3. The Kier molecular flexibility index (Phi) is 4.57. The maximum absolute atomic E-state index is 13.8. The Morgan fingerprint density at radius 1 is 1.21 bits per heavy atom. The second-order valence-corrected chi connectivity index (χ2v) is 5.85. The van der Waals surface area contributed by atoms with Crippen molar-refractivity contribution in [2.45, 2.75) is 31.7 Å². The van der Waals surface area contributed by atoms with Crippen LogP contribution in [0.3, 0.4) is 0 Å². The zero-order valence-corrected chi connectivity index (χ0v) is 13.0. The highest BCUT2D eigenvalue weighted by Gasteiger charge is 2.26. The van der Waals surface area contributed by atoms with Gasteiger partial charge in [-0.05, 0) is 31.9 Å². The van der Waals surface area contributed by atoms with Crippen LogP contribution >= 0.6 is 0 Å². The molecule has 0 spiro atoms. The lowest BCUT2D eigenvalue weighted by Crippen LogP contribution is -2.21. The molecule has 0 saturated heterocycles. The number of aliphatic hydroxyl groups excluding tert-OH is 1. The average Bonchev–Trinajstić information content (AvgIpc) is 3.40. The number of hydrogen-bond acceptors (Lipinski definition) is 5. The fraction of sp³-hybridized carbons (Fsp3) is 0.375. The minimum absolute atomic E-state index is 0.0996. The molecule has 128 valence electrons. The molecule has 2 aromatic rings. The van der Waals surface area contributed by atoms with Crippen LogP contribution in [-0.2, 0) is 0 Å². The molecule has 1 saturated carbocycles. The highest BCUT2D eigenvalue weighted by molar-refractivity contribution is 5.59. The Balaban J connectivity index is 1.90. The number of nitrogens with one attached hydrogen (secondary N) is 2. The number of aromatic nitrogens is 2. The molecule has 1 aromatic heterocycles. The van der Waals surface area contributed by atoms with Gasteiger partial charge in [-0.1, -0.05) is 0 Å². The van der Waals surface area contributed by atoms with Crippen molar-refractivity contribution in [3.63, 3.8) is 0 Å². The SMILES string of the molecule is C[C@@H](CO)Nc1nc(Nc2ccc(F)c(F)c2F)cc(C2CC2)n1. The molecule has 8 heteroatoms. The number of nitrogens with zero attached hydrogens (tertiary/aromatic N) is 2. The number of benzene rings is 1. The van der Waals surface area contributed by atoms with Gasteiger partial charge in [-0.25, -0.2) is 18.2 Å². The van der Waals surface area contributed by atoms with Crippen LogP contribution in [0.15, 0.2) is 18.2 Å². The maximum Gasteiger partial charge on any atom is 0.225 e. The van der Waals surface area contributed by atoms with Crippen molar-refractivity contribution in [3.8, 4) is 0 Å². The van der Waals surface area contributed by atoms with Crippen molar-refractivity contribution < 1.29 is 18.3 Å². The first-order valence-corrected chi connectivity index (χ1v) is 7.65. The van der Waals surface area contributed by atoms with E-state index in [9.17, 15) is 13.2 Å². The molecule has 1 heterocycles. The summed E-state index contributed by atoms with van der Waals surface area (Å²) in [5, 5.41) is 14.7. The molecule has 1 atom stereocenters. The quantitative estimate of drug-likeness (QED) is 0.705. The topological polar surface area (TPSA) is 70.1 Å². The zero-order valence-electron chi connectivity index (χ0n) is 13.0. The first kappa shape index (κ1) is 16.5. The van der Waals surface area contributed by atoms with Crippen molar-refractivity contribution >= 4 is 17.5 Å². The lowest BCUT2D eigenvalue weighted by atomic mass is 10.2. The summed E-state index contributed by atoms with van der Waals surface area (Å²) in [4.78, 5) is 8.57. The second kappa shape index (κ2) is 6.64. The van der Waals surface area contributed by atoms with Crippen LogP contribution in [0.4, 0.5) is 30.6 Å². The number of halogens is 3. The van der Waals surface area contributed by atoms with E-state index in [1.165, 1.54) is 0 Å². The highest BCUT2D eigenvalue weighted by atomic mass is 19.2. The first-order valence-electron chi connectivity index (χ1n) is 7.65. The highest BCUT2D eigenvalue weighted by Crippen LogP contribution is 2.40. The van der Waals surface area contributed by atoms with Crippen LogP contribution in [0.2, 0.25) is 0 Å². The fourth-order valence-corrected chi connectivity index (χ4v) is 2.21. The van der Waals surface area contributed by atoms with Gasteiger partial charge in [0.2, 0.25) is 5.95 Å². The third-order valence-corrected chi connectivity index (χ3v) is 3.69. The van der Waals surface area contributed by atoms with Crippen LogP contribution in [0.5, 0.6) is 0 Å². The van der Waals surface area contributed by atoms with Crippen molar-refractivity contribution in [2.24, 2.45) is 0 Å². The molecule has 1 aliphatic carbocycles. The van der Waals surface area contributed by atoms with Gasteiger partial charge in [0.1, 0.15) is 5.82 Å². The van der Waals surface area contributed by atoms with E-state index in [-0.39, 0.29) is 30.1 Å². The summed E-state index contributed by atoms with van der Waals surface area (Å²) >= 11 is 0. The maximum atomic E-state index is 13.8. The summed E-state index contributed by atoms with van der Waals surface area (Å²) in [6, 6.07) is 3.35. The monoisotopic (exact) mass is 338 g/mol. The largest absolute Gasteiger partial charge is 0.394 e. The van der Waals surface area contributed by atoms with Crippen molar-refractivity contribution in [3.05, 3.63) is 41.3 Å². The molecule has 5 nitrogen and oxygen atoms in total. The number of anilines is 3. The van der Waals surface area contributed by atoms with Crippen LogP contribution in [0.25, 0.3) is 0 Å².